The smallest absolute Gasteiger partial charge is 0.145 e. The van der Waals surface area contributed by atoms with Crippen molar-refractivity contribution < 1.29 is 4.42 Å². The Morgan fingerprint density at radius 3 is 1.73 bits per heavy atom. The number of rotatable bonds is 6. The molecule has 0 spiro atoms. The third-order valence-corrected chi connectivity index (χ3v) is 10.2. The first-order valence-electron chi connectivity index (χ1n) is 17.8. The summed E-state index contributed by atoms with van der Waals surface area (Å²) >= 11 is 0. The number of benzene rings is 9. The summed E-state index contributed by atoms with van der Waals surface area (Å²) in [6, 6.07) is 71.6. The average Bonchev–Trinajstić information content (AvgIpc) is 3.62. The third-order valence-electron chi connectivity index (χ3n) is 10.2. The van der Waals surface area contributed by atoms with Gasteiger partial charge in [-0.15, -0.1) is 0 Å². The zero-order valence-electron chi connectivity index (χ0n) is 28.4. The van der Waals surface area contributed by atoms with Crippen LogP contribution in [0.4, 0.5) is 17.1 Å². The van der Waals surface area contributed by atoms with Crippen molar-refractivity contribution in [1.82, 2.24) is 0 Å². The van der Waals surface area contributed by atoms with Crippen LogP contribution < -0.4 is 4.90 Å². The van der Waals surface area contributed by atoms with E-state index in [9.17, 15) is 0 Å². The number of nitrogens with zero attached hydrogens (tertiary/aromatic N) is 1. The van der Waals surface area contributed by atoms with Crippen molar-refractivity contribution in [2.75, 3.05) is 4.90 Å². The van der Waals surface area contributed by atoms with Crippen LogP contribution >= 0.6 is 0 Å². The van der Waals surface area contributed by atoms with Crippen molar-refractivity contribution in [2.24, 2.45) is 0 Å². The summed E-state index contributed by atoms with van der Waals surface area (Å²) in [6.45, 7) is 0. The molecule has 0 amide bonds. The maximum Gasteiger partial charge on any atom is 0.145 e. The Hall–Kier alpha value is -6.90. The summed E-state index contributed by atoms with van der Waals surface area (Å²) in [4.78, 5) is 2.44. The van der Waals surface area contributed by atoms with Gasteiger partial charge in [0.1, 0.15) is 11.2 Å². The van der Waals surface area contributed by atoms with E-state index < -0.39 is 0 Å². The lowest BCUT2D eigenvalue weighted by molar-refractivity contribution is 0.670. The molecule has 0 aliphatic carbocycles. The van der Waals surface area contributed by atoms with Crippen LogP contribution in [0.1, 0.15) is 0 Å². The Labute approximate surface area is 302 Å². The van der Waals surface area contributed by atoms with Crippen LogP contribution in [0, 0.1) is 0 Å². The van der Waals surface area contributed by atoms with Gasteiger partial charge in [-0.3, -0.25) is 0 Å². The van der Waals surface area contributed by atoms with E-state index in [0.29, 0.717) is 0 Å². The molecule has 9 aromatic carbocycles. The Balaban J connectivity index is 1.26. The molecule has 0 fully saturated rings. The summed E-state index contributed by atoms with van der Waals surface area (Å²) in [5.74, 6) is 0. The van der Waals surface area contributed by atoms with Gasteiger partial charge in [0.05, 0.1) is 16.8 Å². The highest BCUT2D eigenvalue weighted by Gasteiger charge is 2.24. The second kappa shape index (κ2) is 12.5. The van der Waals surface area contributed by atoms with Crippen molar-refractivity contribution in [3.8, 4) is 33.4 Å². The van der Waals surface area contributed by atoms with E-state index in [1.54, 1.807) is 0 Å². The van der Waals surface area contributed by atoms with Gasteiger partial charge in [0.2, 0.25) is 0 Å². The minimum atomic E-state index is 0.869. The maximum absolute atomic E-state index is 6.84. The highest BCUT2D eigenvalue weighted by atomic mass is 16.3. The summed E-state index contributed by atoms with van der Waals surface area (Å²) in [7, 11) is 0. The van der Waals surface area contributed by atoms with Gasteiger partial charge in [0.15, 0.2) is 0 Å². The zero-order valence-corrected chi connectivity index (χ0v) is 28.4. The monoisotopic (exact) mass is 663 g/mol. The third kappa shape index (κ3) is 5.04. The number of hydrogen-bond donors (Lipinski definition) is 0. The molecule has 2 nitrogen and oxygen atoms in total. The molecule has 0 saturated carbocycles. The Morgan fingerprint density at radius 1 is 0.346 bits per heavy atom. The van der Waals surface area contributed by atoms with Gasteiger partial charge in [-0.2, -0.15) is 0 Å². The van der Waals surface area contributed by atoms with Crippen molar-refractivity contribution in [1.29, 1.82) is 0 Å². The van der Waals surface area contributed by atoms with Crippen LogP contribution in [0.3, 0.4) is 0 Å². The predicted molar refractivity (Wildman–Crippen MR) is 220 cm³/mol. The fourth-order valence-corrected chi connectivity index (χ4v) is 7.79. The Kier molecular flexibility index (Phi) is 7.18. The van der Waals surface area contributed by atoms with Gasteiger partial charge >= 0.3 is 0 Å². The van der Waals surface area contributed by atoms with Gasteiger partial charge in [0, 0.05) is 22.0 Å². The Bertz CT molecular complexity index is 2890. The summed E-state index contributed by atoms with van der Waals surface area (Å²) in [6.07, 6.45) is 0. The van der Waals surface area contributed by atoms with Gasteiger partial charge in [-0.25, -0.2) is 0 Å². The van der Waals surface area contributed by atoms with Gasteiger partial charge < -0.3 is 9.32 Å². The fraction of sp³-hybridized carbons (Fsp3) is 0. The van der Waals surface area contributed by atoms with E-state index >= 15 is 0 Å². The van der Waals surface area contributed by atoms with Crippen LogP contribution in [0.25, 0.3) is 76.9 Å². The number of para-hydroxylation sites is 1. The number of fused-ring (bicyclic) bond motifs is 6. The standard InChI is InChI=1S/C50H33NO/c1-3-13-34(14-4-1)36-25-27-38(28-26-36)43-31-32-46(49-44-22-9-10-24-47(44)52-50(43)49)51(41-20-11-19-40(33-41)35-15-5-2-6-16-35)45-23-12-18-39-30-29-37-17-7-8-21-42(37)48(39)45/h1-33H. The van der Waals surface area contributed by atoms with Gasteiger partial charge in [-0.1, -0.05) is 164 Å². The zero-order chi connectivity index (χ0) is 34.4. The lowest BCUT2D eigenvalue weighted by atomic mass is 9.96. The number of hydrogen-bond acceptors (Lipinski definition) is 2. The fourth-order valence-electron chi connectivity index (χ4n) is 7.79. The molecule has 0 bridgehead atoms. The molecule has 52 heavy (non-hydrogen) atoms. The number of furan rings is 1. The minimum absolute atomic E-state index is 0.869. The molecular formula is C50H33NO. The predicted octanol–water partition coefficient (Wildman–Crippen LogP) is 14.4. The molecule has 0 unspecified atom stereocenters. The molecule has 0 N–H and O–H groups in total. The second-order valence-electron chi connectivity index (χ2n) is 13.3. The van der Waals surface area contributed by atoms with Gasteiger partial charge in [0.25, 0.3) is 0 Å². The molecule has 1 aromatic heterocycles. The molecule has 1 heterocycles. The quantitative estimate of drug-likeness (QED) is 0.165. The van der Waals surface area contributed by atoms with Crippen molar-refractivity contribution in [3.05, 3.63) is 200 Å². The largest absolute Gasteiger partial charge is 0.455 e. The lowest BCUT2D eigenvalue weighted by Gasteiger charge is -2.29. The van der Waals surface area contributed by atoms with E-state index in [4.69, 9.17) is 4.42 Å². The molecule has 0 atom stereocenters. The van der Waals surface area contributed by atoms with Crippen LogP contribution in [-0.2, 0) is 0 Å². The minimum Gasteiger partial charge on any atom is -0.455 e. The van der Waals surface area contributed by atoms with Crippen molar-refractivity contribution >= 4 is 60.5 Å². The molecule has 10 rings (SSSR count). The molecule has 0 radical (unpaired) electrons. The van der Waals surface area contributed by atoms with Crippen LogP contribution in [0.2, 0.25) is 0 Å². The van der Waals surface area contributed by atoms with E-state index in [1.165, 1.54) is 38.2 Å². The average molecular weight is 664 g/mol. The first-order valence-corrected chi connectivity index (χ1v) is 17.8. The molecule has 0 aliphatic rings. The maximum atomic E-state index is 6.84. The van der Waals surface area contributed by atoms with E-state index in [1.807, 2.05) is 0 Å². The van der Waals surface area contributed by atoms with Crippen molar-refractivity contribution in [2.45, 2.75) is 0 Å². The summed E-state index contributed by atoms with van der Waals surface area (Å²) < 4.78 is 6.84. The van der Waals surface area contributed by atoms with E-state index in [0.717, 1.165) is 55.7 Å². The second-order valence-corrected chi connectivity index (χ2v) is 13.3. The van der Waals surface area contributed by atoms with E-state index in [2.05, 4.69) is 205 Å². The van der Waals surface area contributed by atoms with Crippen molar-refractivity contribution in [3.63, 3.8) is 0 Å². The van der Waals surface area contributed by atoms with E-state index in [-0.39, 0.29) is 0 Å². The molecule has 244 valence electrons. The lowest BCUT2D eigenvalue weighted by Crippen LogP contribution is -2.11. The highest BCUT2D eigenvalue weighted by Crippen LogP contribution is 2.48. The molecule has 0 aliphatic heterocycles. The van der Waals surface area contributed by atoms with Crippen LogP contribution in [-0.4, -0.2) is 0 Å². The summed E-state index contributed by atoms with van der Waals surface area (Å²) in [5.41, 5.74) is 11.9. The summed E-state index contributed by atoms with van der Waals surface area (Å²) in [5, 5.41) is 7.03. The molecule has 2 heteroatoms. The normalized spacial score (nSPS) is 11.5. The first-order chi connectivity index (χ1) is 25.8. The SMILES string of the molecule is c1ccc(-c2ccc(-c3ccc(N(c4cccc(-c5ccccc5)c4)c4cccc5ccc6ccccc6c45)c4c3oc3ccccc34)cc2)cc1. The first kappa shape index (κ1) is 30.0. The molecular weight excluding hydrogens is 631 g/mol. The van der Waals surface area contributed by atoms with Crippen LogP contribution in [0.5, 0.6) is 0 Å². The number of anilines is 3. The molecule has 10 aromatic rings. The topological polar surface area (TPSA) is 16.4 Å². The molecule has 0 saturated heterocycles. The highest BCUT2D eigenvalue weighted by molar-refractivity contribution is 6.20. The Morgan fingerprint density at radius 2 is 0.923 bits per heavy atom. The van der Waals surface area contributed by atoms with Crippen LogP contribution in [0.15, 0.2) is 205 Å². The van der Waals surface area contributed by atoms with Gasteiger partial charge in [-0.05, 0) is 80.4 Å².